The third kappa shape index (κ3) is 4.64. The van der Waals surface area contributed by atoms with Crippen molar-refractivity contribution in [1.82, 2.24) is 20.0 Å². The van der Waals surface area contributed by atoms with Gasteiger partial charge in [0.05, 0.1) is 6.54 Å². The summed E-state index contributed by atoms with van der Waals surface area (Å²) in [4.78, 5) is 27.3. The van der Waals surface area contributed by atoms with Gasteiger partial charge in [-0.1, -0.05) is 0 Å². The van der Waals surface area contributed by atoms with Crippen molar-refractivity contribution in [1.29, 1.82) is 0 Å². The fraction of sp³-hybridized carbons (Fsp3) is 0.500. The number of amides is 2. The molecule has 2 rings (SSSR count). The number of carbonyl (C=O) groups is 2. The van der Waals surface area contributed by atoms with Crippen molar-refractivity contribution < 1.29 is 14.0 Å². The summed E-state index contributed by atoms with van der Waals surface area (Å²) in [5.74, 6) is 0.718. The lowest BCUT2D eigenvalue weighted by atomic mass is 10.2. The number of aryl methyl sites for hydroxylation is 1. The van der Waals surface area contributed by atoms with E-state index in [0.29, 0.717) is 31.3 Å². The van der Waals surface area contributed by atoms with Crippen LogP contribution in [0.3, 0.4) is 0 Å². The van der Waals surface area contributed by atoms with Crippen molar-refractivity contribution in [2.24, 2.45) is 0 Å². The molecule has 0 spiro atoms. The highest BCUT2D eigenvalue weighted by Crippen LogP contribution is 2.20. The van der Waals surface area contributed by atoms with Gasteiger partial charge >= 0.3 is 0 Å². The van der Waals surface area contributed by atoms with Gasteiger partial charge in [0, 0.05) is 43.9 Å². The molecule has 0 aliphatic carbocycles. The average molecular weight is 350 g/mol. The van der Waals surface area contributed by atoms with E-state index in [1.807, 2.05) is 30.7 Å². The fourth-order valence-electron chi connectivity index (χ4n) is 2.23. The van der Waals surface area contributed by atoms with Gasteiger partial charge in [0.15, 0.2) is 0 Å². The van der Waals surface area contributed by atoms with E-state index in [1.165, 1.54) is 4.90 Å². The van der Waals surface area contributed by atoms with E-state index in [9.17, 15) is 9.59 Å². The summed E-state index contributed by atoms with van der Waals surface area (Å²) in [5, 5.41) is 11.8. The quantitative estimate of drug-likeness (QED) is 0.728. The van der Waals surface area contributed by atoms with Crippen molar-refractivity contribution in [3.05, 3.63) is 22.7 Å². The number of hydrogen-bond donors (Lipinski definition) is 0. The van der Waals surface area contributed by atoms with Crippen LogP contribution < -0.4 is 0 Å². The molecular formula is C16H22N4O3S. The van der Waals surface area contributed by atoms with E-state index < -0.39 is 0 Å². The molecule has 8 heteroatoms. The summed E-state index contributed by atoms with van der Waals surface area (Å²) in [6.45, 7) is 5.22. The van der Waals surface area contributed by atoms with Crippen molar-refractivity contribution in [3.8, 4) is 11.5 Å². The summed E-state index contributed by atoms with van der Waals surface area (Å²) >= 11 is 1.55. The highest BCUT2D eigenvalue weighted by atomic mass is 32.1. The first kappa shape index (κ1) is 18.1. The molecule has 0 fully saturated rings. The first-order chi connectivity index (χ1) is 11.5. The summed E-state index contributed by atoms with van der Waals surface area (Å²) in [7, 11) is 1.63. The maximum absolute atomic E-state index is 12.2. The van der Waals surface area contributed by atoms with Gasteiger partial charge in [-0.2, -0.15) is 11.3 Å². The van der Waals surface area contributed by atoms with Crippen LogP contribution in [0, 0.1) is 0 Å². The Balaban J connectivity index is 1.83. The number of carbonyl (C=O) groups excluding carboxylic acids is 2. The van der Waals surface area contributed by atoms with Crippen molar-refractivity contribution in [3.63, 3.8) is 0 Å². The maximum atomic E-state index is 12.2. The number of rotatable bonds is 8. The SMILES string of the molecule is CCN(CC)C(=O)CN(C)C(=O)CCc1nnc(-c2ccsc2)o1. The van der Waals surface area contributed by atoms with Crippen molar-refractivity contribution >= 4 is 23.2 Å². The van der Waals surface area contributed by atoms with Crippen molar-refractivity contribution in [2.45, 2.75) is 26.7 Å². The van der Waals surface area contributed by atoms with Gasteiger partial charge in [0.1, 0.15) is 0 Å². The number of aromatic nitrogens is 2. The molecule has 2 heterocycles. The molecule has 0 saturated carbocycles. The first-order valence-corrected chi connectivity index (χ1v) is 8.86. The number of thiophene rings is 1. The average Bonchev–Trinajstić information content (AvgIpc) is 3.24. The van der Waals surface area contributed by atoms with Gasteiger partial charge in [-0.25, -0.2) is 0 Å². The van der Waals surface area contributed by atoms with E-state index in [-0.39, 0.29) is 24.8 Å². The second-order valence-corrected chi connectivity index (χ2v) is 6.11. The second kappa shape index (κ2) is 8.58. The summed E-state index contributed by atoms with van der Waals surface area (Å²) in [6.07, 6.45) is 0.590. The van der Waals surface area contributed by atoms with E-state index >= 15 is 0 Å². The van der Waals surface area contributed by atoms with E-state index in [1.54, 1.807) is 23.3 Å². The van der Waals surface area contributed by atoms with Crippen LogP contribution in [0.1, 0.15) is 26.2 Å². The minimum Gasteiger partial charge on any atom is -0.421 e. The fourth-order valence-corrected chi connectivity index (χ4v) is 2.86. The predicted octanol–water partition coefficient (Wildman–Crippen LogP) is 2.06. The molecule has 24 heavy (non-hydrogen) atoms. The largest absolute Gasteiger partial charge is 0.421 e. The Labute approximate surface area is 145 Å². The monoisotopic (exact) mass is 350 g/mol. The molecule has 7 nitrogen and oxygen atoms in total. The minimum atomic E-state index is -0.120. The topological polar surface area (TPSA) is 79.5 Å². The maximum Gasteiger partial charge on any atom is 0.248 e. The Kier molecular flexibility index (Phi) is 6.48. The minimum absolute atomic E-state index is 0.0478. The molecule has 2 amide bonds. The highest BCUT2D eigenvalue weighted by molar-refractivity contribution is 7.08. The first-order valence-electron chi connectivity index (χ1n) is 7.91. The van der Waals surface area contributed by atoms with Gasteiger partial charge in [-0.15, -0.1) is 10.2 Å². The van der Waals surface area contributed by atoms with Gasteiger partial charge < -0.3 is 14.2 Å². The number of hydrogen-bond acceptors (Lipinski definition) is 6. The van der Waals surface area contributed by atoms with Crippen LogP contribution in [0.15, 0.2) is 21.2 Å². The molecule has 130 valence electrons. The molecular weight excluding hydrogens is 328 g/mol. The third-order valence-corrected chi connectivity index (χ3v) is 4.39. The summed E-state index contributed by atoms with van der Waals surface area (Å²) in [5.41, 5.74) is 0.881. The molecule has 0 radical (unpaired) electrons. The zero-order valence-corrected chi connectivity index (χ0v) is 15.0. The molecule has 0 aliphatic heterocycles. The zero-order chi connectivity index (χ0) is 17.5. The molecule has 0 saturated heterocycles. The van der Waals surface area contributed by atoms with Crippen LogP contribution in [0.5, 0.6) is 0 Å². The van der Waals surface area contributed by atoms with Gasteiger partial charge in [-0.3, -0.25) is 9.59 Å². The Bertz CT molecular complexity index is 665. The smallest absolute Gasteiger partial charge is 0.248 e. The van der Waals surface area contributed by atoms with Gasteiger partial charge in [-0.05, 0) is 25.3 Å². The van der Waals surface area contributed by atoms with Gasteiger partial charge in [0.25, 0.3) is 0 Å². The lowest BCUT2D eigenvalue weighted by molar-refractivity contribution is -0.139. The molecule has 0 unspecified atom stereocenters. The third-order valence-electron chi connectivity index (χ3n) is 3.70. The Morgan fingerprint density at radius 2 is 1.96 bits per heavy atom. The molecule has 0 aliphatic rings. The summed E-state index contributed by atoms with van der Waals surface area (Å²) in [6, 6.07) is 1.90. The van der Waals surface area contributed by atoms with Gasteiger partial charge in [0.2, 0.25) is 23.6 Å². The zero-order valence-electron chi connectivity index (χ0n) is 14.2. The molecule has 0 atom stereocenters. The molecule has 2 aromatic rings. The normalized spacial score (nSPS) is 10.6. The van der Waals surface area contributed by atoms with Crippen LogP contribution >= 0.6 is 11.3 Å². The molecule has 2 aromatic heterocycles. The molecule has 0 bridgehead atoms. The highest BCUT2D eigenvalue weighted by Gasteiger charge is 2.17. The van der Waals surface area contributed by atoms with Crippen LogP contribution in [0.4, 0.5) is 0 Å². The van der Waals surface area contributed by atoms with Crippen LogP contribution in [0.2, 0.25) is 0 Å². The van der Waals surface area contributed by atoms with E-state index in [4.69, 9.17) is 4.42 Å². The standard InChI is InChI=1S/C16H22N4O3S/c1-4-20(5-2)15(22)10-19(3)14(21)7-6-13-17-18-16(23-13)12-8-9-24-11-12/h8-9,11H,4-7,10H2,1-3H3. The Morgan fingerprint density at radius 1 is 1.21 bits per heavy atom. The lowest BCUT2D eigenvalue weighted by Crippen LogP contribution is -2.41. The molecule has 0 aromatic carbocycles. The summed E-state index contributed by atoms with van der Waals surface area (Å²) < 4.78 is 5.55. The van der Waals surface area contributed by atoms with E-state index in [2.05, 4.69) is 10.2 Å². The Hall–Kier alpha value is -2.22. The number of nitrogens with zero attached hydrogens (tertiary/aromatic N) is 4. The van der Waals surface area contributed by atoms with Crippen LogP contribution in [0.25, 0.3) is 11.5 Å². The predicted molar refractivity (Wildman–Crippen MR) is 91.5 cm³/mol. The van der Waals surface area contributed by atoms with E-state index in [0.717, 1.165) is 5.56 Å². The molecule has 0 N–H and O–H groups in total. The van der Waals surface area contributed by atoms with Crippen LogP contribution in [-0.2, 0) is 16.0 Å². The Morgan fingerprint density at radius 3 is 2.58 bits per heavy atom. The van der Waals surface area contributed by atoms with Crippen molar-refractivity contribution in [2.75, 3.05) is 26.7 Å². The number of likely N-dealkylation sites (N-methyl/N-ethyl adjacent to an activating group) is 2. The lowest BCUT2D eigenvalue weighted by Gasteiger charge is -2.23. The van der Waals surface area contributed by atoms with Crippen LogP contribution in [-0.4, -0.2) is 58.5 Å². The second-order valence-electron chi connectivity index (χ2n) is 5.33.